The summed E-state index contributed by atoms with van der Waals surface area (Å²) in [7, 11) is 3.16. The van der Waals surface area contributed by atoms with Crippen molar-refractivity contribution in [3.63, 3.8) is 0 Å². The van der Waals surface area contributed by atoms with E-state index in [1.807, 2.05) is 24.3 Å². The van der Waals surface area contributed by atoms with Crippen molar-refractivity contribution in [3.8, 4) is 0 Å². The van der Waals surface area contributed by atoms with E-state index in [-0.39, 0.29) is 18.4 Å². The Kier molecular flexibility index (Phi) is 3.97. The molecule has 1 saturated heterocycles. The maximum absolute atomic E-state index is 11.8. The Morgan fingerprint density at radius 3 is 2.16 bits per heavy atom. The van der Waals surface area contributed by atoms with Crippen molar-refractivity contribution in [1.29, 1.82) is 0 Å². The van der Waals surface area contributed by atoms with E-state index in [1.165, 1.54) is 0 Å². The molecule has 1 amide bonds. The molecule has 0 saturated carbocycles. The predicted octanol–water partition coefficient (Wildman–Crippen LogP) is 1.16. The van der Waals surface area contributed by atoms with Crippen LogP contribution in [0.4, 0.5) is 0 Å². The molecule has 0 spiro atoms. The molecule has 4 nitrogen and oxygen atoms in total. The summed E-state index contributed by atoms with van der Waals surface area (Å²) in [5, 5.41) is 0. The highest BCUT2D eigenvalue weighted by atomic mass is 16.6. The van der Waals surface area contributed by atoms with E-state index in [2.05, 4.69) is 13.8 Å². The fourth-order valence-corrected chi connectivity index (χ4v) is 1.93. The highest BCUT2D eigenvalue weighted by Gasteiger charge is 2.33. The van der Waals surface area contributed by atoms with Crippen LogP contribution in [0.2, 0.25) is 0 Å². The lowest BCUT2D eigenvalue weighted by Gasteiger charge is -2.33. The first-order valence-corrected chi connectivity index (χ1v) is 6.44. The maximum atomic E-state index is 11.8. The third-order valence-corrected chi connectivity index (χ3v) is 3.09. The fourth-order valence-electron chi connectivity index (χ4n) is 1.93. The first-order chi connectivity index (χ1) is 8.89. The van der Waals surface area contributed by atoms with Crippen molar-refractivity contribution in [2.24, 2.45) is 5.41 Å². The van der Waals surface area contributed by atoms with Crippen molar-refractivity contribution < 1.29 is 14.1 Å². The number of benzene rings is 1. The van der Waals surface area contributed by atoms with Gasteiger partial charge in [0.15, 0.2) is 0 Å². The molecule has 0 unspecified atom stereocenters. The van der Waals surface area contributed by atoms with Crippen LogP contribution in [0.5, 0.6) is 0 Å². The van der Waals surface area contributed by atoms with Gasteiger partial charge in [0.05, 0.1) is 0 Å². The first-order valence-electron chi connectivity index (χ1n) is 6.44. The molecule has 0 N–H and O–H groups in total. The molecular formula is C14H20BNO3. The maximum Gasteiger partial charge on any atom is 0.493 e. The molecule has 0 aliphatic carbocycles. The normalized spacial score (nSPS) is 18.2. The molecule has 2 rings (SSSR count). The number of hydrogen-bond donors (Lipinski definition) is 0. The van der Waals surface area contributed by atoms with Gasteiger partial charge in [-0.1, -0.05) is 26.0 Å². The van der Waals surface area contributed by atoms with Gasteiger partial charge in [0.25, 0.3) is 5.91 Å². The second-order valence-corrected chi connectivity index (χ2v) is 5.94. The van der Waals surface area contributed by atoms with E-state index in [9.17, 15) is 4.79 Å². The lowest BCUT2D eigenvalue weighted by atomic mass is 9.75. The average Bonchev–Trinajstić information content (AvgIpc) is 2.38. The zero-order chi connectivity index (χ0) is 14.0. The summed E-state index contributed by atoms with van der Waals surface area (Å²) in [5.74, 6) is -0.00170. The first kappa shape index (κ1) is 14.1. The second-order valence-electron chi connectivity index (χ2n) is 5.94. The summed E-state index contributed by atoms with van der Waals surface area (Å²) >= 11 is 0. The topological polar surface area (TPSA) is 38.8 Å². The standard InChI is InChI=1S/C14H20BNO3/c1-14(2)9-18-15(19-10-14)12-7-5-11(6-8-12)13(17)16(3)4/h5-8H,9-10H2,1-4H3. The number of hydrogen-bond acceptors (Lipinski definition) is 3. The van der Waals surface area contributed by atoms with Gasteiger partial charge < -0.3 is 14.2 Å². The predicted molar refractivity (Wildman–Crippen MR) is 75.5 cm³/mol. The highest BCUT2D eigenvalue weighted by Crippen LogP contribution is 2.21. The molecule has 0 bridgehead atoms. The summed E-state index contributed by atoms with van der Waals surface area (Å²) in [5.41, 5.74) is 1.69. The van der Waals surface area contributed by atoms with Crippen LogP contribution in [-0.2, 0) is 9.31 Å². The van der Waals surface area contributed by atoms with Crippen LogP contribution in [0.25, 0.3) is 0 Å². The average molecular weight is 261 g/mol. The highest BCUT2D eigenvalue weighted by molar-refractivity contribution is 6.61. The van der Waals surface area contributed by atoms with Crippen molar-refractivity contribution >= 4 is 18.5 Å². The molecule has 5 heteroatoms. The SMILES string of the molecule is CN(C)C(=O)c1ccc(B2OCC(C)(C)CO2)cc1. The van der Waals surface area contributed by atoms with Crippen LogP contribution in [0.1, 0.15) is 24.2 Å². The van der Waals surface area contributed by atoms with E-state index in [0.717, 1.165) is 5.46 Å². The summed E-state index contributed by atoms with van der Waals surface area (Å²) in [6.45, 7) is 5.58. The quantitative estimate of drug-likeness (QED) is 0.750. The Hall–Kier alpha value is -1.33. The summed E-state index contributed by atoms with van der Waals surface area (Å²) in [6, 6.07) is 7.40. The van der Waals surface area contributed by atoms with Gasteiger partial charge in [0, 0.05) is 38.3 Å². The number of carbonyl (C=O) groups is 1. The Morgan fingerprint density at radius 2 is 1.68 bits per heavy atom. The van der Waals surface area contributed by atoms with E-state index in [0.29, 0.717) is 18.8 Å². The van der Waals surface area contributed by atoms with Gasteiger partial charge in [-0.05, 0) is 17.6 Å². The number of carbonyl (C=O) groups excluding carboxylic acids is 1. The van der Waals surface area contributed by atoms with Crippen LogP contribution >= 0.6 is 0 Å². The van der Waals surface area contributed by atoms with Gasteiger partial charge in [0.1, 0.15) is 0 Å². The minimum absolute atomic E-state index is 0.00170. The van der Waals surface area contributed by atoms with Crippen LogP contribution < -0.4 is 5.46 Å². The summed E-state index contributed by atoms with van der Waals surface area (Å²) < 4.78 is 11.4. The van der Waals surface area contributed by atoms with Gasteiger partial charge in [0.2, 0.25) is 0 Å². The van der Waals surface area contributed by atoms with E-state index in [4.69, 9.17) is 9.31 Å². The summed E-state index contributed by atoms with van der Waals surface area (Å²) in [6.07, 6.45) is 0. The van der Waals surface area contributed by atoms with Crippen LogP contribution in [0.3, 0.4) is 0 Å². The second kappa shape index (κ2) is 5.35. The Morgan fingerprint density at radius 1 is 1.16 bits per heavy atom. The molecule has 19 heavy (non-hydrogen) atoms. The lowest BCUT2D eigenvalue weighted by molar-refractivity contribution is 0.0343. The molecule has 1 aromatic rings. The van der Waals surface area contributed by atoms with Crippen LogP contribution in [0, 0.1) is 5.41 Å². The number of nitrogens with zero attached hydrogens (tertiary/aromatic N) is 1. The zero-order valence-corrected chi connectivity index (χ0v) is 12.0. The van der Waals surface area contributed by atoms with E-state index in [1.54, 1.807) is 19.0 Å². The molecular weight excluding hydrogens is 241 g/mol. The van der Waals surface area contributed by atoms with E-state index < -0.39 is 0 Å². The largest absolute Gasteiger partial charge is 0.493 e. The van der Waals surface area contributed by atoms with Gasteiger partial charge in [-0.2, -0.15) is 0 Å². The zero-order valence-electron chi connectivity index (χ0n) is 12.0. The molecule has 1 aromatic carbocycles. The van der Waals surface area contributed by atoms with E-state index >= 15 is 0 Å². The van der Waals surface area contributed by atoms with Gasteiger partial charge in [-0.3, -0.25) is 4.79 Å². The van der Waals surface area contributed by atoms with Crippen molar-refractivity contribution in [1.82, 2.24) is 4.90 Å². The smallest absolute Gasteiger partial charge is 0.407 e. The molecule has 0 radical (unpaired) electrons. The van der Waals surface area contributed by atoms with Crippen molar-refractivity contribution in [3.05, 3.63) is 29.8 Å². The third kappa shape index (κ3) is 3.36. The van der Waals surface area contributed by atoms with Gasteiger partial charge >= 0.3 is 7.12 Å². The van der Waals surface area contributed by atoms with Crippen LogP contribution in [-0.4, -0.2) is 45.2 Å². The van der Waals surface area contributed by atoms with Gasteiger partial charge in [-0.25, -0.2) is 0 Å². The van der Waals surface area contributed by atoms with Gasteiger partial charge in [-0.15, -0.1) is 0 Å². The molecule has 102 valence electrons. The third-order valence-electron chi connectivity index (χ3n) is 3.09. The lowest BCUT2D eigenvalue weighted by Crippen LogP contribution is -2.47. The minimum Gasteiger partial charge on any atom is -0.407 e. The summed E-state index contributed by atoms with van der Waals surface area (Å²) in [4.78, 5) is 13.3. The Labute approximate surface area is 114 Å². The van der Waals surface area contributed by atoms with Crippen LogP contribution in [0.15, 0.2) is 24.3 Å². The van der Waals surface area contributed by atoms with Crippen molar-refractivity contribution in [2.45, 2.75) is 13.8 Å². The number of rotatable bonds is 2. The monoisotopic (exact) mass is 261 g/mol. The minimum atomic E-state index is -0.323. The molecule has 0 atom stereocenters. The molecule has 0 aromatic heterocycles. The molecule has 1 heterocycles. The Balaban J connectivity index is 2.05. The molecule has 1 aliphatic rings. The number of amides is 1. The van der Waals surface area contributed by atoms with Crippen molar-refractivity contribution in [2.75, 3.05) is 27.3 Å². The molecule has 1 aliphatic heterocycles. The molecule has 1 fully saturated rings. The fraction of sp³-hybridized carbons (Fsp3) is 0.500. The Bertz CT molecular complexity index is 446.